The van der Waals surface area contributed by atoms with E-state index in [2.05, 4.69) is 49.0 Å². The van der Waals surface area contributed by atoms with Crippen molar-refractivity contribution in [1.82, 2.24) is 10.2 Å². The molecule has 2 heterocycles. The van der Waals surface area contributed by atoms with Gasteiger partial charge in [-0.05, 0) is 57.4 Å². The lowest BCUT2D eigenvalue weighted by Gasteiger charge is -2.25. The van der Waals surface area contributed by atoms with Crippen molar-refractivity contribution in [3.8, 4) is 0 Å². The molecule has 16 heavy (non-hydrogen) atoms. The van der Waals surface area contributed by atoms with Gasteiger partial charge in [0.15, 0.2) is 4.67 Å². The van der Waals surface area contributed by atoms with E-state index in [9.17, 15) is 0 Å². The van der Waals surface area contributed by atoms with E-state index in [1.54, 1.807) is 0 Å². The molecule has 1 N–H and O–H groups in total. The number of hydrogen-bond donors (Lipinski definition) is 1. The second kappa shape index (κ2) is 5.67. The molecule has 1 aliphatic heterocycles. The van der Waals surface area contributed by atoms with Crippen LogP contribution < -0.4 is 5.32 Å². The van der Waals surface area contributed by atoms with Gasteiger partial charge in [-0.2, -0.15) is 0 Å². The molecular weight excluding hydrogens is 336 g/mol. The molecule has 1 aliphatic rings. The van der Waals surface area contributed by atoms with Crippen molar-refractivity contribution in [3.63, 3.8) is 0 Å². The number of nitrogens with zero attached hydrogens (tertiary/aromatic N) is 1. The summed E-state index contributed by atoms with van der Waals surface area (Å²) in [6, 6.07) is 2.68. The normalized spacial score (nSPS) is 20.9. The highest BCUT2D eigenvalue weighted by Crippen LogP contribution is 2.27. The van der Waals surface area contributed by atoms with Crippen molar-refractivity contribution in [2.24, 2.45) is 0 Å². The standard InChI is InChI=1S/C11H16Br2N2O/c1-2-15(8-3-4-14-6-8)7-9-5-10(12)11(13)16-9/h5,8,14H,2-4,6-7H2,1H3. The van der Waals surface area contributed by atoms with Crippen molar-refractivity contribution < 1.29 is 4.42 Å². The number of nitrogens with one attached hydrogen (secondary N) is 1. The topological polar surface area (TPSA) is 28.4 Å². The maximum absolute atomic E-state index is 5.61. The lowest BCUT2D eigenvalue weighted by Crippen LogP contribution is -2.36. The minimum absolute atomic E-state index is 0.646. The van der Waals surface area contributed by atoms with Gasteiger partial charge in [-0.1, -0.05) is 6.92 Å². The Labute approximate surface area is 113 Å². The number of rotatable bonds is 4. The maximum atomic E-state index is 5.61. The molecule has 0 aliphatic carbocycles. The van der Waals surface area contributed by atoms with Gasteiger partial charge in [0.2, 0.25) is 0 Å². The van der Waals surface area contributed by atoms with Crippen LogP contribution in [0.2, 0.25) is 0 Å². The molecule has 0 saturated carbocycles. The molecule has 3 nitrogen and oxygen atoms in total. The first-order valence-electron chi connectivity index (χ1n) is 5.59. The van der Waals surface area contributed by atoms with Gasteiger partial charge in [0.05, 0.1) is 11.0 Å². The average molecular weight is 352 g/mol. The Balaban J connectivity index is 2.00. The smallest absolute Gasteiger partial charge is 0.183 e. The Bertz CT molecular complexity index is 328. The summed E-state index contributed by atoms with van der Waals surface area (Å²) in [5.41, 5.74) is 0. The molecule has 1 fully saturated rings. The first-order valence-corrected chi connectivity index (χ1v) is 7.17. The minimum Gasteiger partial charge on any atom is -0.452 e. The van der Waals surface area contributed by atoms with Crippen LogP contribution in [0.15, 0.2) is 19.6 Å². The van der Waals surface area contributed by atoms with E-state index in [-0.39, 0.29) is 0 Å². The molecule has 0 aromatic carbocycles. The molecule has 90 valence electrons. The van der Waals surface area contributed by atoms with E-state index in [1.165, 1.54) is 6.42 Å². The largest absolute Gasteiger partial charge is 0.452 e. The predicted octanol–water partition coefficient (Wildman–Crippen LogP) is 2.99. The molecule has 1 aromatic rings. The quantitative estimate of drug-likeness (QED) is 0.903. The first kappa shape index (κ1) is 12.6. The third kappa shape index (κ3) is 2.88. The molecular formula is C11H16Br2N2O. The molecule has 1 aromatic heterocycles. The molecule has 0 spiro atoms. The van der Waals surface area contributed by atoms with Gasteiger partial charge in [-0.15, -0.1) is 0 Å². The van der Waals surface area contributed by atoms with E-state index in [1.807, 2.05) is 6.07 Å². The summed E-state index contributed by atoms with van der Waals surface area (Å²) < 4.78 is 7.38. The maximum Gasteiger partial charge on any atom is 0.183 e. The van der Waals surface area contributed by atoms with Gasteiger partial charge in [0, 0.05) is 12.6 Å². The highest BCUT2D eigenvalue weighted by Gasteiger charge is 2.22. The van der Waals surface area contributed by atoms with Crippen LogP contribution >= 0.6 is 31.9 Å². The highest BCUT2D eigenvalue weighted by atomic mass is 79.9. The van der Waals surface area contributed by atoms with Crippen LogP contribution in [0.3, 0.4) is 0 Å². The number of halogens is 2. The third-order valence-electron chi connectivity index (χ3n) is 3.01. The van der Waals surface area contributed by atoms with Crippen LogP contribution in [0, 0.1) is 0 Å². The zero-order chi connectivity index (χ0) is 11.5. The predicted molar refractivity (Wildman–Crippen MR) is 71.5 cm³/mol. The zero-order valence-corrected chi connectivity index (χ0v) is 12.5. The molecule has 1 unspecified atom stereocenters. The van der Waals surface area contributed by atoms with Crippen molar-refractivity contribution >= 4 is 31.9 Å². The molecule has 2 rings (SSSR count). The Morgan fingerprint density at radius 1 is 1.56 bits per heavy atom. The third-order valence-corrected chi connectivity index (χ3v) is 4.72. The van der Waals surface area contributed by atoms with Crippen molar-refractivity contribution in [2.45, 2.75) is 25.9 Å². The van der Waals surface area contributed by atoms with Gasteiger partial charge in [0.25, 0.3) is 0 Å². The highest BCUT2D eigenvalue weighted by molar-refractivity contribution is 9.13. The summed E-state index contributed by atoms with van der Waals surface area (Å²) in [4.78, 5) is 2.46. The Morgan fingerprint density at radius 3 is 2.88 bits per heavy atom. The van der Waals surface area contributed by atoms with Crippen molar-refractivity contribution in [1.29, 1.82) is 0 Å². The molecule has 0 amide bonds. The first-order chi connectivity index (χ1) is 7.70. The summed E-state index contributed by atoms with van der Waals surface area (Å²) in [6.45, 7) is 6.37. The van der Waals surface area contributed by atoms with Gasteiger partial charge < -0.3 is 9.73 Å². The van der Waals surface area contributed by atoms with Crippen LogP contribution in [-0.2, 0) is 6.54 Å². The second-order valence-corrected chi connectivity index (χ2v) is 5.62. The summed E-state index contributed by atoms with van der Waals surface area (Å²) in [7, 11) is 0. The summed E-state index contributed by atoms with van der Waals surface area (Å²) in [6.07, 6.45) is 1.23. The van der Waals surface area contributed by atoms with Crippen LogP contribution in [0.4, 0.5) is 0 Å². The number of furan rings is 1. The summed E-state index contributed by atoms with van der Waals surface area (Å²) >= 11 is 6.81. The van der Waals surface area contributed by atoms with Gasteiger partial charge in [0.1, 0.15) is 5.76 Å². The Kier molecular flexibility index (Phi) is 4.47. The van der Waals surface area contributed by atoms with Gasteiger partial charge >= 0.3 is 0 Å². The van der Waals surface area contributed by atoms with Crippen LogP contribution in [-0.4, -0.2) is 30.6 Å². The van der Waals surface area contributed by atoms with Gasteiger partial charge in [-0.3, -0.25) is 4.90 Å². The fraction of sp³-hybridized carbons (Fsp3) is 0.636. The van der Waals surface area contributed by atoms with E-state index >= 15 is 0 Å². The summed E-state index contributed by atoms with van der Waals surface area (Å²) in [5, 5.41) is 3.40. The van der Waals surface area contributed by atoms with E-state index in [0.29, 0.717) is 6.04 Å². The summed E-state index contributed by atoms with van der Waals surface area (Å²) in [5.74, 6) is 1.01. The number of likely N-dealkylation sites (N-methyl/N-ethyl adjacent to an activating group) is 1. The second-order valence-electron chi connectivity index (χ2n) is 4.04. The number of hydrogen-bond acceptors (Lipinski definition) is 3. The van der Waals surface area contributed by atoms with Crippen molar-refractivity contribution in [2.75, 3.05) is 19.6 Å². The fourth-order valence-corrected chi connectivity index (χ4v) is 2.78. The van der Waals surface area contributed by atoms with Crippen LogP contribution in [0.25, 0.3) is 0 Å². The fourth-order valence-electron chi connectivity index (χ4n) is 2.12. The molecule has 5 heteroatoms. The molecule has 1 atom stereocenters. The lowest BCUT2D eigenvalue weighted by molar-refractivity contribution is 0.193. The zero-order valence-electron chi connectivity index (χ0n) is 9.30. The molecule has 1 saturated heterocycles. The Morgan fingerprint density at radius 2 is 2.38 bits per heavy atom. The van der Waals surface area contributed by atoms with Crippen molar-refractivity contribution in [3.05, 3.63) is 21.0 Å². The SMILES string of the molecule is CCN(Cc1cc(Br)c(Br)o1)C1CCNC1. The van der Waals surface area contributed by atoms with Crippen LogP contribution in [0.1, 0.15) is 19.1 Å². The van der Waals surface area contributed by atoms with E-state index < -0.39 is 0 Å². The average Bonchev–Trinajstić information content (AvgIpc) is 2.86. The van der Waals surface area contributed by atoms with E-state index in [0.717, 1.165) is 41.1 Å². The molecule has 0 bridgehead atoms. The lowest BCUT2D eigenvalue weighted by atomic mass is 10.2. The van der Waals surface area contributed by atoms with Crippen LogP contribution in [0.5, 0.6) is 0 Å². The monoisotopic (exact) mass is 350 g/mol. The Hall–Kier alpha value is 0.160. The minimum atomic E-state index is 0.646. The van der Waals surface area contributed by atoms with Gasteiger partial charge in [-0.25, -0.2) is 0 Å². The van der Waals surface area contributed by atoms with E-state index in [4.69, 9.17) is 4.42 Å². The molecule has 0 radical (unpaired) electrons.